The van der Waals surface area contributed by atoms with Crippen LogP contribution in [0.4, 0.5) is 5.69 Å². The summed E-state index contributed by atoms with van der Waals surface area (Å²) in [6.45, 7) is 19.1. The van der Waals surface area contributed by atoms with Crippen LogP contribution in [0, 0.1) is 12.8 Å². The molecule has 0 aromatic heterocycles. The van der Waals surface area contributed by atoms with Crippen LogP contribution in [-0.2, 0) is 11.2 Å². The molecule has 5 heteroatoms. The largest absolute Gasteiger partial charge is 0.386 e. The van der Waals surface area contributed by atoms with E-state index in [-0.39, 0.29) is 17.6 Å². The van der Waals surface area contributed by atoms with Crippen LogP contribution < -0.4 is 16.4 Å². The summed E-state index contributed by atoms with van der Waals surface area (Å²) in [6, 6.07) is 14.1. The standard InChI is InChI=1S/C15H20O.C9H12N2.C7H11NO/c1-5-8-11(3)14-10-7-9-13(6-2)15(14)12(4)16;1-7-4-3-5-9(6-7)11-8(2)10;1-5-3-4-6(2)8-7(5)9/h7-10H,5-6H2,1-4H3;3-6,11H,2,10H2,1H3;5H,2-4H2,1H3,(H,8,9)/b11-8-;;. The van der Waals surface area contributed by atoms with Gasteiger partial charge >= 0.3 is 0 Å². The van der Waals surface area contributed by atoms with E-state index in [1.807, 2.05) is 56.3 Å². The van der Waals surface area contributed by atoms with E-state index in [0.717, 1.165) is 53.8 Å². The monoisotopic (exact) mass is 489 g/mol. The molecule has 3 rings (SSSR count). The first-order chi connectivity index (χ1) is 17.0. The maximum atomic E-state index is 11.7. The Morgan fingerprint density at radius 1 is 1.19 bits per heavy atom. The number of benzene rings is 2. The fraction of sp³-hybridized carbons (Fsp3) is 0.355. The van der Waals surface area contributed by atoms with Gasteiger partial charge < -0.3 is 16.4 Å². The van der Waals surface area contributed by atoms with Crippen LogP contribution in [-0.4, -0.2) is 11.7 Å². The summed E-state index contributed by atoms with van der Waals surface area (Å²) in [5.74, 6) is 0.925. The Bertz CT molecular complexity index is 1100. The Morgan fingerprint density at radius 2 is 1.86 bits per heavy atom. The number of hydrogen-bond acceptors (Lipinski definition) is 4. The van der Waals surface area contributed by atoms with Crippen LogP contribution in [0.2, 0.25) is 0 Å². The van der Waals surface area contributed by atoms with Crippen molar-refractivity contribution in [2.75, 3.05) is 5.32 Å². The molecule has 0 aliphatic carbocycles. The van der Waals surface area contributed by atoms with Crippen LogP contribution in [0.1, 0.15) is 80.9 Å². The fourth-order valence-electron chi connectivity index (χ4n) is 3.85. The zero-order chi connectivity index (χ0) is 27.3. The molecule has 2 aromatic rings. The summed E-state index contributed by atoms with van der Waals surface area (Å²) in [5.41, 5.74) is 12.7. The number of aryl methyl sites for hydroxylation is 2. The molecule has 1 aliphatic rings. The lowest BCUT2D eigenvalue weighted by Gasteiger charge is -2.19. The van der Waals surface area contributed by atoms with Crippen molar-refractivity contribution in [1.29, 1.82) is 0 Å². The maximum Gasteiger partial charge on any atom is 0.226 e. The van der Waals surface area contributed by atoms with E-state index in [1.165, 1.54) is 11.1 Å². The van der Waals surface area contributed by atoms with E-state index in [4.69, 9.17) is 5.73 Å². The van der Waals surface area contributed by atoms with E-state index in [1.54, 1.807) is 6.92 Å². The molecule has 1 heterocycles. The smallest absolute Gasteiger partial charge is 0.226 e. The van der Waals surface area contributed by atoms with Gasteiger partial charge in [-0.2, -0.15) is 0 Å². The number of anilines is 1. The highest BCUT2D eigenvalue weighted by molar-refractivity contribution is 6.00. The van der Waals surface area contributed by atoms with Crippen molar-refractivity contribution in [2.45, 2.75) is 67.2 Å². The SMILES string of the molecule is C=C(N)Nc1cccc(C)c1.C=C1CCC(C)C(=O)N1.CC/C=C(/C)c1cccc(CC)c1C(C)=O. The van der Waals surface area contributed by atoms with Crippen molar-refractivity contribution in [3.8, 4) is 0 Å². The molecule has 0 radical (unpaired) electrons. The molecule has 194 valence electrons. The average Bonchev–Trinajstić information content (AvgIpc) is 2.81. The number of amides is 1. The summed E-state index contributed by atoms with van der Waals surface area (Å²) in [7, 11) is 0. The molecule has 1 atom stereocenters. The van der Waals surface area contributed by atoms with Crippen molar-refractivity contribution in [3.63, 3.8) is 0 Å². The zero-order valence-corrected chi connectivity index (χ0v) is 22.8. The highest BCUT2D eigenvalue weighted by Crippen LogP contribution is 2.23. The normalized spacial score (nSPS) is 14.9. The van der Waals surface area contributed by atoms with Crippen molar-refractivity contribution in [3.05, 3.63) is 95.5 Å². The maximum absolute atomic E-state index is 11.7. The molecule has 1 fully saturated rings. The van der Waals surface area contributed by atoms with Gasteiger partial charge in [-0.3, -0.25) is 9.59 Å². The van der Waals surface area contributed by atoms with E-state index in [0.29, 0.717) is 5.82 Å². The van der Waals surface area contributed by atoms with Gasteiger partial charge in [0.25, 0.3) is 0 Å². The molecule has 1 unspecified atom stereocenters. The molecule has 1 saturated heterocycles. The van der Waals surface area contributed by atoms with Gasteiger partial charge in [0.2, 0.25) is 5.91 Å². The molecule has 5 nitrogen and oxygen atoms in total. The number of nitrogens with one attached hydrogen (secondary N) is 2. The number of hydrogen-bond donors (Lipinski definition) is 3. The molecular formula is C31H43N3O2. The highest BCUT2D eigenvalue weighted by Gasteiger charge is 2.18. The van der Waals surface area contributed by atoms with Gasteiger partial charge in [0.05, 0.1) is 5.82 Å². The van der Waals surface area contributed by atoms with Crippen molar-refractivity contribution in [1.82, 2.24) is 5.32 Å². The average molecular weight is 490 g/mol. The van der Waals surface area contributed by atoms with Gasteiger partial charge in [-0.15, -0.1) is 0 Å². The molecule has 4 N–H and O–H groups in total. The Balaban J connectivity index is 0.000000283. The first kappa shape index (κ1) is 30.4. The summed E-state index contributed by atoms with van der Waals surface area (Å²) < 4.78 is 0. The quantitative estimate of drug-likeness (QED) is 0.376. The summed E-state index contributed by atoms with van der Waals surface area (Å²) in [4.78, 5) is 22.6. The Hall–Kier alpha value is -3.60. The van der Waals surface area contributed by atoms with Crippen molar-refractivity contribution >= 4 is 23.0 Å². The fourth-order valence-corrected chi connectivity index (χ4v) is 3.85. The summed E-state index contributed by atoms with van der Waals surface area (Å²) in [6.07, 6.45) is 5.96. The third-order valence-electron chi connectivity index (χ3n) is 5.77. The van der Waals surface area contributed by atoms with Gasteiger partial charge in [0.15, 0.2) is 5.78 Å². The van der Waals surface area contributed by atoms with Crippen LogP contribution >= 0.6 is 0 Å². The van der Waals surface area contributed by atoms with E-state index in [9.17, 15) is 9.59 Å². The lowest BCUT2D eigenvalue weighted by molar-refractivity contribution is -0.124. The molecule has 1 aliphatic heterocycles. The van der Waals surface area contributed by atoms with E-state index < -0.39 is 0 Å². The van der Waals surface area contributed by atoms with Gasteiger partial charge in [-0.1, -0.05) is 70.3 Å². The number of carbonyl (C=O) groups excluding carboxylic acids is 2. The molecule has 1 amide bonds. The number of piperidine rings is 1. The number of nitrogens with two attached hydrogens (primary N) is 1. The molecule has 2 aromatic carbocycles. The van der Waals surface area contributed by atoms with E-state index in [2.05, 4.69) is 50.6 Å². The van der Waals surface area contributed by atoms with Crippen molar-refractivity contribution < 1.29 is 9.59 Å². The minimum absolute atomic E-state index is 0.117. The van der Waals surface area contributed by atoms with E-state index >= 15 is 0 Å². The highest BCUT2D eigenvalue weighted by atomic mass is 16.2. The molecule has 0 saturated carbocycles. The van der Waals surface area contributed by atoms with Crippen LogP contribution in [0.15, 0.2) is 73.2 Å². The zero-order valence-electron chi connectivity index (χ0n) is 22.8. The molecule has 0 spiro atoms. The second kappa shape index (κ2) is 15.4. The van der Waals surface area contributed by atoms with Gasteiger partial charge in [-0.05, 0) is 80.9 Å². The second-order valence-corrected chi connectivity index (χ2v) is 9.10. The Labute approximate surface area is 217 Å². The lowest BCUT2D eigenvalue weighted by atomic mass is 9.92. The number of allylic oxidation sites excluding steroid dienone is 3. The lowest BCUT2D eigenvalue weighted by Crippen LogP contribution is -2.32. The summed E-state index contributed by atoms with van der Waals surface area (Å²) in [5, 5.41) is 5.62. The van der Waals surface area contributed by atoms with Gasteiger partial charge in [0.1, 0.15) is 0 Å². The predicted molar refractivity (Wildman–Crippen MR) is 154 cm³/mol. The summed E-state index contributed by atoms with van der Waals surface area (Å²) >= 11 is 0. The second-order valence-electron chi connectivity index (χ2n) is 9.10. The minimum Gasteiger partial charge on any atom is -0.386 e. The number of Topliss-reactive ketones (excluding diaryl/α,β-unsaturated/α-hetero) is 1. The van der Waals surface area contributed by atoms with Crippen LogP contribution in [0.25, 0.3) is 5.57 Å². The molecular weight excluding hydrogens is 446 g/mol. The first-order valence-electron chi connectivity index (χ1n) is 12.6. The van der Waals surface area contributed by atoms with Gasteiger partial charge in [-0.25, -0.2) is 0 Å². The molecule has 36 heavy (non-hydrogen) atoms. The van der Waals surface area contributed by atoms with Crippen LogP contribution in [0.3, 0.4) is 0 Å². The van der Waals surface area contributed by atoms with Crippen LogP contribution in [0.5, 0.6) is 0 Å². The third-order valence-corrected chi connectivity index (χ3v) is 5.77. The number of carbonyl (C=O) groups is 2. The third kappa shape index (κ3) is 10.3. The minimum atomic E-state index is 0.117. The number of rotatable bonds is 6. The first-order valence-corrected chi connectivity index (χ1v) is 12.6. The Kier molecular flexibility index (Phi) is 13.0. The number of ketones is 1. The molecule has 0 bridgehead atoms. The Morgan fingerprint density at radius 3 is 2.36 bits per heavy atom. The predicted octanol–water partition coefficient (Wildman–Crippen LogP) is 7.15. The van der Waals surface area contributed by atoms with Gasteiger partial charge in [0, 0.05) is 22.9 Å². The topological polar surface area (TPSA) is 84.2 Å². The van der Waals surface area contributed by atoms with Crippen molar-refractivity contribution in [2.24, 2.45) is 11.7 Å².